The number of hydrogen-bond donors (Lipinski definition) is 0. The highest BCUT2D eigenvalue weighted by atomic mass is 79.9. The molecule has 4 aromatic carbocycles. The van der Waals surface area contributed by atoms with E-state index in [1.165, 1.54) is 11.1 Å². The summed E-state index contributed by atoms with van der Waals surface area (Å²) < 4.78 is 13.9. The number of rotatable bonds is 4. The van der Waals surface area contributed by atoms with E-state index in [2.05, 4.69) is 123 Å². The first-order chi connectivity index (χ1) is 15.8. The maximum Gasteiger partial charge on any atom is 0.246 e. The fourth-order valence-electron chi connectivity index (χ4n) is 4.13. The second-order valence-corrected chi connectivity index (χ2v) is 10.4. The third kappa shape index (κ3) is 4.53. The van der Waals surface area contributed by atoms with Crippen molar-refractivity contribution in [2.24, 2.45) is 0 Å². The molecule has 0 saturated carbocycles. The fraction of sp³-hybridized carbons (Fsp3) is 0.143. The van der Waals surface area contributed by atoms with E-state index in [1.807, 2.05) is 19.9 Å². The van der Waals surface area contributed by atoms with E-state index >= 15 is 0 Å². The number of anilines is 3. The molecule has 0 saturated heterocycles. The van der Waals surface area contributed by atoms with Gasteiger partial charge in [0.15, 0.2) is 11.5 Å². The van der Waals surface area contributed by atoms with E-state index in [1.54, 1.807) is 0 Å². The molecular formula is C28H23Br2NO2. The third-order valence-electron chi connectivity index (χ3n) is 5.60. The Hall–Kier alpha value is -2.76. The summed E-state index contributed by atoms with van der Waals surface area (Å²) in [6.45, 7) is 5.99. The molecule has 1 aliphatic heterocycles. The summed E-state index contributed by atoms with van der Waals surface area (Å²) in [6.07, 6.45) is 0. The van der Waals surface area contributed by atoms with Gasteiger partial charge in [-0.3, -0.25) is 0 Å². The number of nitrogens with zero attached hydrogens (tertiary/aromatic N) is 1. The molecular weight excluding hydrogens is 542 g/mol. The van der Waals surface area contributed by atoms with Gasteiger partial charge in [0.05, 0.1) is 0 Å². The fourth-order valence-corrected chi connectivity index (χ4v) is 4.66. The van der Waals surface area contributed by atoms with Crippen molar-refractivity contribution in [3.05, 3.63) is 99.4 Å². The molecule has 0 atom stereocenters. The molecule has 1 heterocycles. The zero-order valence-electron chi connectivity index (χ0n) is 18.6. The van der Waals surface area contributed by atoms with Gasteiger partial charge in [-0.1, -0.05) is 44.0 Å². The summed E-state index contributed by atoms with van der Waals surface area (Å²) in [6, 6.07) is 29.5. The van der Waals surface area contributed by atoms with Crippen LogP contribution in [0.4, 0.5) is 17.1 Å². The number of ether oxygens (including phenoxy) is 2. The maximum absolute atomic E-state index is 5.96. The van der Waals surface area contributed by atoms with Gasteiger partial charge in [-0.25, -0.2) is 0 Å². The molecule has 0 bridgehead atoms. The molecule has 33 heavy (non-hydrogen) atoms. The Kier molecular flexibility index (Phi) is 5.71. The second-order valence-electron chi connectivity index (χ2n) is 8.55. The molecule has 0 radical (unpaired) electrons. The zero-order chi connectivity index (χ0) is 23.2. The van der Waals surface area contributed by atoms with Crippen LogP contribution in [0.1, 0.15) is 19.4 Å². The predicted octanol–water partition coefficient (Wildman–Crippen LogP) is 9.16. The summed E-state index contributed by atoms with van der Waals surface area (Å²) in [5, 5.41) is 0. The summed E-state index contributed by atoms with van der Waals surface area (Å²) in [5.74, 6) is 0.942. The van der Waals surface area contributed by atoms with Gasteiger partial charge >= 0.3 is 0 Å². The van der Waals surface area contributed by atoms with Crippen LogP contribution in [-0.4, -0.2) is 5.79 Å². The van der Waals surface area contributed by atoms with Gasteiger partial charge in [0.1, 0.15) is 0 Å². The van der Waals surface area contributed by atoms with Crippen molar-refractivity contribution in [1.29, 1.82) is 0 Å². The summed E-state index contributed by atoms with van der Waals surface area (Å²) in [7, 11) is 0. The first kappa shape index (κ1) is 22.1. The Bertz CT molecular complexity index is 1270. The van der Waals surface area contributed by atoms with Gasteiger partial charge in [0, 0.05) is 39.9 Å². The van der Waals surface area contributed by atoms with Crippen LogP contribution in [-0.2, 0) is 0 Å². The molecule has 4 aromatic rings. The quantitative estimate of drug-likeness (QED) is 0.246. The number of benzene rings is 4. The highest BCUT2D eigenvalue weighted by molar-refractivity contribution is 9.10. The van der Waals surface area contributed by atoms with E-state index in [-0.39, 0.29) is 0 Å². The average Bonchev–Trinajstić information content (AvgIpc) is 3.09. The first-order valence-corrected chi connectivity index (χ1v) is 12.3. The molecule has 0 unspecified atom stereocenters. The third-order valence-corrected chi connectivity index (χ3v) is 6.66. The Balaban J connectivity index is 1.55. The second kappa shape index (κ2) is 8.54. The average molecular weight is 565 g/mol. The minimum atomic E-state index is -0.629. The Labute approximate surface area is 211 Å². The lowest BCUT2D eigenvalue weighted by Crippen LogP contribution is -2.29. The molecule has 5 heteroatoms. The monoisotopic (exact) mass is 563 g/mol. The van der Waals surface area contributed by atoms with Crippen LogP contribution in [0.3, 0.4) is 0 Å². The van der Waals surface area contributed by atoms with Crippen LogP contribution in [0.25, 0.3) is 11.1 Å². The van der Waals surface area contributed by atoms with Crippen molar-refractivity contribution in [2.45, 2.75) is 26.6 Å². The summed E-state index contributed by atoms with van der Waals surface area (Å²) >= 11 is 7.10. The van der Waals surface area contributed by atoms with Gasteiger partial charge in [-0.2, -0.15) is 0 Å². The van der Waals surface area contributed by atoms with Crippen LogP contribution < -0.4 is 14.4 Å². The van der Waals surface area contributed by atoms with Gasteiger partial charge in [-0.15, -0.1) is 0 Å². The lowest BCUT2D eigenvalue weighted by Gasteiger charge is -2.26. The minimum Gasteiger partial charge on any atom is -0.449 e. The SMILES string of the molecule is Cc1cc(N(c2ccc(Br)cc2)c2ccc(Br)cc2)ccc1-c1ccc2c(c1)OC(C)(C)O2. The lowest BCUT2D eigenvalue weighted by atomic mass is 9.99. The van der Waals surface area contributed by atoms with Crippen molar-refractivity contribution in [1.82, 2.24) is 0 Å². The maximum atomic E-state index is 5.96. The van der Waals surface area contributed by atoms with Crippen molar-refractivity contribution in [2.75, 3.05) is 4.90 Å². The topological polar surface area (TPSA) is 21.7 Å². The Morgan fingerprint density at radius 2 is 1.18 bits per heavy atom. The largest absolute Gasteiger partial charge is 0.449 e. The van der Waals surface area contributed by atoms with E-state index < -0.39 is 5.79 Å². The number of aryl methyl sites for hydroxylation is 1. The highest BCUT2D eigenvalue weighted by Gasteiger charge is 2.31. The molecule has 3 nitrogen and oxygen atoms in total. The van der Waals surface area contributed by atoms with Crippen LogP contribution in [0.5, 0.6) is 11.5 Å². The molecule has 0 aromatic heterocycles. The molecule has 0 spiro atoms. The molecule has 1 aliphatic rings. The van der Waals surface area contributed by atoms with Crippen molar-refractivity contribution in [3.8, 4) is 22.6 Å². The van der Waals surface area contributed by atoms with Crippen LogP contribution in [0, 0.1) is 6.92 Å². The molecule has 0 aliphatic carbocycles. The molecule has 0 amide bonds. The van der Waals surface area contributed by atoms with Crippen LogP contribution >= 0.6 is 31.9 Å². The summed E-state index contributed by atoms with van der Waals surface area (Å²) in [5.41, 5.74) is 6.75. The lowest BCUT2D eigenvalue weighted by molar-refractivity contribution is -0.0431. The van der Waals surface area contributed by atoms with Gasteiger partial charge in [0.25, 0.3) is 0 Å². The van der Waals surface area contributed by atoms with Gasteiger partial charge in [0.2, 0.25) is 5.79 Å². The minimum absolute atomic E-state index is 0.629. The Morgan fingerprint density at radius 3 is 1.76 bits per heavy atom. The number of hydrogen-bond acceptors (Lipinski definition) is 3. The molecule has 0 fully saturated rings. The van der Waals surface area contributed by atoms with Crippen molar-refractivity contribution in [3.63, 3.8) is 0 Å². The summed E-state index contributed by atoms with van der Waals surface area (Å²) in [4.78, 5) is 2.26. The van der Waals surface area contributed by atoms with Crippen LogP contribution in [0.2, 0.25) is 0 Å². The highest BCUT2D eigenvalue weighted by Crippen LogP contribution is 2.43. The van der Waals surface area contributed by atoms with E-state index in [9.17, 15) is 0 Å². The standard InChI is InChI=1S/C28H23Br2NO2/c1-18-16-24(13-14-25(18)19-4-15-26-27(17-19)33-28(2,3)32-26)31(22-9-5-20(29)6-10-22)23-11-7-21(30)8-12-23/h4-17H,1-3H3. The predicted molar refractivity (Wildman–Crippen MR) is 142 cm³/mol. The van der Waals surface area contributed by atoms with Crippen molar-refractivity contribution >= 4 is 48.9 Å². The molecule has 166 valence electrons. The number of halogens is 2. The van der Waals surface area contributed by atoms with Crippen molar-refractivity contribution < 1.29 is 9.47 Å². The Morgan fingerprint density at radius 1 is 0.636 bits per heavy atom. The smallest absolute Gasteiger partial charge is 0.246 e. The molecule has 5 rings (SSSR count). The van der Waals surface area contributed by atoms with Gasteiger partial charge in [-0.05, 0) is 96.4 Å². The van der Waals surface area contributed by atoms with Crippen LogP contribution in [0.15, 0.2) is 93.9 Å². The van der Waals surface area contributed by atoms with E-state index in [0.29, 0.717) is 0 Å². The first-order valence-electron chi connectivity index (χ1n) is 10.7. The zero-order valence-corrected chi connectivity index (χ0v) is 21.8. The van der Waals surface area contributed by atoms with E-state index in [4.69, 9.17) is 9.47 Å². The molecule has 0 N–H and O–H groups in total. The van der Waals surface area contributed by atoms with Gasteiger partial charge < -0.3 is 14.4 Å². The number of fused-ring (bicyclic) bond motifs is 1. The normalized spacial score (nSPS) is 13.7. The van der Waals surface area contributed by atoms with E-state index in [0.717, 1.165) is 43.1 Å².